The van der Waals surface area contributed by atoms with Gasteiger partial charge in [-0.2, -0.15) is 0 Å². The van der Waals surface area contributed by atoms with Gasteiger partial charge in [0.25, 0.3) is 0 Å². The van der Waals surface area contributed by atoms with Gasteiger partial charge in [-0.3, -0.25) is 14.4 Å². The summed E-state index contributed by atoms with van der Waals surface area (Å²) in [5, 5.41) is 17.7. The molecule has 192 valence electrons. The predicted octanol–water partition coefficient (Wildman–Crippen LogP) is 2.73. The molecule has 10 heteroatoms. The lowest BCUT2D eigenvalue weighted by Crippen LogP contribution is -2.55. The number of benzene rings is 1. The monoisotopic (exact) mass is 488 g/mol. The molecule has 0 aliphatic heterocycles. The second kappa shape index (κ2) is 12.2. The minimum atomic E-state index is -1.03. The SMILES string of the molecule is CC(C)C[C@H](NC(=O)[C@H](Cc1c[nH]c2ccccc12)NC(=O)OC(C)(C)C)C(=O)NCCC(=O)O. The number of H-pyrrole nitrogens is 1. The van der Waals surface area contributed by atoms with Crippen molar-refractivity contribution in [3.05, 3.63) is 36.0 Å². The number of rotatable bonds is 11. The standard InChI is InChI=1S/C25H36N4O6/c1-15(2)12-19(22(32)26-11-10-21(30)31)28-23(33)20(29-24(34)35-25(3,4)5)13-16-14-27-18-9-7-6-8-17(16)18/h6-9,14-15,19-20,27H,10-13H2,1-5H3,(H,26,32)(H,28,33)(H,29,34)(H,30,31)/t19-,20-/m0/s1. The molecule has 2 rings (SSSR count). The molecule has 1 aromatic heterocycles. The first-order valence-corrected chi connectivity index (χ1v) is 11.7. The van der Waals surface area contributed by atoms with Crippen molar-refractivity contribution in [1.29, 1.82) is 0 Å². The number of alkyl carbamates (subject to hydrolysis) is 1. The van der Waals surface area contributed by atoms with Crippen molar-refractivity contribution in [2.45, 2.75) is 71.6 Å². The molecule has 0 aliphatic rings. The summed E-state index contributed by atoms with van der Waals surface area (Å²) >= 11 is 0. The zero-order chi connectivity index (χ0) is 26.2. The molecule has 0 bridgehead atoms. The molecular formula is C25H36N4O6. The number of carboxylic acids is 1. The van der Waals surface area contributed by atoms with Crippen molar-refractivity contribution >= 4 is 34.8 Å². The molecule has 0 fully saturated rings. The fourth-order valence-corrected chi connectivity index (χ4v) is 3.57. The molecule has 1 aromatic carbocycles. The number of hydrogen-bond acceptors (Lipinski definition) is 5. The summed E-state index contributed by atoms with van der Waals surface area (Å²) in [4.78, 5) is 52.4. The van der Waals surface area contributed by atoms with E-state index in [0.29, 0.717) is 6.42 Å². The van der Waals surface area contributed by atoms with E-state index in [9.17, 15) is 19.2 Å². The first kappa shape index (κ1) is 27.7. The number of nitrogens with one attached hydrogen (secondary N) is 4. The fraction of sp³-hybridized carbons (Fsp3) is 0.520. The molecule has 5 N–H and O–H groups in total. The van der Waals surface area contributed by atoms with Crippen LogP contribution in [0.4, 0.5) is 4.79 Å². The van der Waals surface area contributed by atoms with Gasteiger partial charge in [0.2, 0.25) is 11.8 Å². The third kappa shape index (κ3) is 9.30. The number of amides is 3. The normalized spacial score (nSPS) is 13.2. The van der Waals surface area contributed by atoms with Gasteiger partial charge in [0, 0.05) is 30.1 Å². The van der Waals surface area contributed by atoms with E-state index in [1.165, 1.54) is 0 Å². The Kier molecular flexibility index (Phi) is 9.68. The van der Waals surface area contributed by atoms with Crippen molar-refractivity contribution in [1.82, 2.24) is 20.9 Å². The summed E-state index contributed by atoms with van der Waals surface area (Å²) in [7, 11) is 0. The molecule has 0 radical (unpaired) electrons. The zero-order valence-corrected chi connectivity index (χ0v) is 20.9. The number of aromatic nitrogens is 1. The highest BCUT2D eigenvalue weighted by atomic mass is 16.6. The average molecular weight is 489 g/mol. The molecule has 35 heavy (non-hydrogen) atoms. The Hall–Kier alpha value is -3.56. The van der Waals surface area contributed by atoms with Gasteiger partial charge in [-0.1, -0.05) is 32.0 Å². The predicted molar refractivity (Wildman–Crippen MR) is 132 cm³/mol. The number of para-hydroxylation sites is 1. The van der Waals surface area contributed by atoms with E-state index in [4.69, 9.17) is 9.84 Å². The zero-order valence-electron chi connectivity index (χ0n) is 20.9. The molecule has 0 aliphatic carbocycles. The average Bonchev–Trinajstić information content (AvgIpc) is 3.13. The maximum absolute atomic E-state index is 13.3. The number of hydrogen-bond donors (Lipinski definition) is 5. The Bertz CT molecular complexity index is 1040. The number of carbonyl (C=O) groups excluding carboxylic acids is 3. The molecule has 0 unspecified atom stereocenters. The number of fused-ring (bicyclic) bond motifs is 1. The minimum absolute atomic E-state index is 0.0481. The maximum atomic E-state index is 13.3. The van der Waals surface area contributed by atoms with E-state index in [2.05, 4.69) is 20.9 Å². The molecule has 1 heterocycles. The molecule has 3 amide bonds. The van der Waals surface area contributed by atoms with E-state index >= 15 is 0 Å². The summed E-state index contributed by atoms with van der Waals surface area (Å²) < 4.78 is 5.34. The van der Waals surface area contributed by atoms with Gasteiger partial charge in [0.15, 0.2) is 0 Å². The van der Waals surface area contributed by atoms with Crippen LogP contribution in [0.3, 0.4) is 0 Å². The van der Waals surface area contributed by atoms with E-state index in [-0.39, 0.29) is 25.3 Å². The third-order valence-electron chi connectivity index (χ3n) is 5.08. The molecule has 2 atom stereocenters. The highest BCUT2D eigenvalue weighted by Gasteiger charge is 2.29. The Morgan fingerprint density at radius 1 is 1.03 bits per heavy atom. The maximum Gasteiger partial charge on any atom is 0.408 e. The van der Waals surface area contributed by atoms with Crippen LogP contribution in [0.5, 0.6) is 0 Å². The molecule has 10 nitrogen and oxygen atoms in total. The van der Waals surface area contributed by atoms with Gasteiger partial charge in [0.1, 0.15) is 17.7 Å². The molecule has 0 saturated carbocycles. The number of carboxylic acid groups (broad SMARTS) is 1. The van der Waals surface area contributed by atoms with Crippen LogP contribution in [-0.4, -0.2) is 58.2 Å². The van der Waals surface area contributed by atoms with Crippen molar-refractivity contribution in [3.8, 4) is 0 Å². The molecule has 0 saturated heterocycles. The van der Waals surface area contributed by atoms with Crippen molar-refractivity contribution < 1.29 is 29.0 Å². The quantitative estimate of drug-likeness (QED) is 0.328. The van der Waals surface area contributed by atoms with Crippen LogP contribution in [0, 0.1) is 5.92 Å². The van der Waals surface area contributed by atoms with Crippen molar-refractivity contribution in [3.63, 3.8) is 0 Å². The first-order chi connectivity index (χ1) is 16.4. The second-order valence-corrected chi connectivity index (χ2v) is 9.89. The Morgan fingerprint density at radius 2 is 1.71 bits per heavy atom. The number of ether oxygens (including phenoxy) is 1. The Morgan fingerprint density at radius 3 is 2.34 bits per heavy atom. The van der Waals surface area contributed by atoms with Gasteiger partial charge in [-0.05, 0) is 44.7 Å². The number of carbonyl (C=O) groups is 4. The highest BCUT2D eigenvalue weighted by Crippen LogP contribution is 2.20. The van der Waals surface area contributed by atoms with Crippen LogP contribution < -0.4 is 16.0 Å². The van der Waals surface area contributed by atoms with Crippen LogP contribution in [-0.2, 0) is 25.5 Å². The van der Waals surface area contributed by atoms with Gasteiger partial charge in [-0.15, -0.1) is 0 Å². The topological polar surface area (TPSA) is 150 Å². The van der Waals surface area contributed by atoms with Gasteiger partial charge < -0.3 is 30.8 Å². The van der Waals surface area contributed by atoms with Gasteiger partial charge in [0.05, 0.1) is 6.42 Å². The van der Waals surface area contributed by atoms with Crippen LogP contribution in [0.25, 0.3) is 10.9 Å². The van der Waals surface area contributed by atoms with Crippen molar-refractivity contribution in [2.24, 2.45) is 5.92 Å². The third-order valence-corrected chi connectivity index (χ3v) is 5.08. The van der Waals surface area contributed by atoms with Crippen LogP contribution >= 0.6 is 0 Å². The smallest absolute Gasteiger partial charge is 0.408 e. The van der Waals surface area contributed by atoms with Gasteiger partial charge >= 0.3 is 12.1 Å². The summed E-state index contributed by atoms with van der Waals surface area (Å²) in [6, 6.07) is 5.71. The fourth-order valence-electron chi connectivity index (χ4n) is 3.57. The number of aliphatic carboxylic acids is 1. The largest absolute Gasteiger partial charge is 0.481 e. The van der Waals surface area contributed by atoms with E-state index in [1.54, 1.807) is 27.0 Å². The Balaban J connectivity index is 2.22. The minimum Gasteiger partial charge on any atom is -0.481 e. The molecule has 2 aromatic rings. The highest BCUT2D eigenvalue weighted by molar-refractivity contribution is 5.92. The summed E-state index contributed by atoms with van der Waals surface area (Å²) in [5.41, 5.74) is 0.966. The van der Waals surface area contributed by atoms with E-state index in [1.807, 2.05) is 38.1 Å². The first-order valence-electron chi connectivity index (χ1n) is 11.7. The molecular weight excluding hydrogens is 452 g/mol. The number of aromatic amines is 1. The van der Waals surface area contributed by atoms with Crippen LogP contribution in [0.2, 0.25) is 0 Å². The van der Waals surface area contributed by atoms with Crippen molar-refractivity contribution in [2.75, 3.05) is 6.54 Å². The summed E-state index contributed by atoms with van der Waals surface area (Å²) in [5.74, 6) is -1.97. The lowest BCUT2D eigenvalue weighted by atomic mass is 10.0. The Labute approximate surface area is 205 Å². The lowest BCUT2D eigenvalue weighted by Gasteiger charge is -2.26. The molecule has 0 spiro atoms. The second-order valence-electron chi connectivity index (χ2n) is 9.89. The summed E-state index contributed by atoms with van der Waals surface area (Å²) in [6.07, 6.45) is 1.33. The summed E-state index contributed by atoms with van der Waals surface area (Å²) in [6.45, 7) is 8.94. The van der Waals surface area contributed by atoms with E-state index in [0.717, 1.165) is 16.5 Å². The lowest BCUT2D eigenvalue weighted by molar-refractivity contribution is -0.137. The van der Waals surface area contributed by atoms with E-state index < -0.39 is 41.6 Å². The van der Waals surface area contributed by atoms with Gasteiger partial charge in [-0.25, -0.2) is 4.79 Å². The van der Waals surface area contributed by atoms with Crippen LogP contribution in [0.1, 0.15) is 53.0 Å². The van der Waals surface area contributed by atoms with Crippen LogP contribution in [0.15, 0.2) is 30.5 Å².